The summed E-state index contributed by atoms with van der Waals surface area (Å²) in [4.78, 5) is 57.2. The molecule has 2 fully saturated rings. The number of benzene rings is 4. The summed E-state index contributed by atoms with van der Waals surface area (Å²) in [6.07, 6.45) is -1.13. The standard InChI is InChI=1S/C28H36N2O6.C22H28N2O6.C5H12O.CH4.B5.B4/c1-27(2)33-17-13-29(14-18-34-27)25(31)23-9-5-21(6-10-23)22-7-11-24(12-8-22)26(32)30-15-19-35-28(3,4)36-20-16-30;25-13-9-23(10-14-26)21(29)19-5-1-17(2-6-19)18-3-7-20(8-4-18)22(30)24(11-15-27)12-16-28;1-5(2,3)6-4;;1-4-5(2)3;1-4(2)3/h5-12H,13-20H2,1-4H3;1-8,25-28H,9-16H2;1-4H3;1H4;;. The molecule has 4 amide bonds. The molecule has 2 saturated heterocycles. The van der Waals surface area contributed by atoms with Crippen LogP contribution in [-0.4, -0.2) is 259 Å². The smallest absolute Gasteiger partial charge is 0.254 e. The molecule has 429 valence electrons. The number of amides is 4. The maximum Gasteiger partial charge on any atom is 0.254 e. The first kappa shape index (κ1) is 75.0. The Labute approximate surface area is 497 Å². The lowest BCUT2D eigenvalue weighted by molar-refractivity contribution is -0.224. The molecular weight excluding hydrogens is 1030 g/mol. The van der Waals surface area contributed by atoms with Gasteiger partial charge in [0.15, 0.2) is 11.6 Å². The summed E-state index contributed by atoms with van der Waals surface area (Å²) >= 11 is 0. The summed E-state index contributed by atoms with van der Waals surface area (Å²) in [5.74, 6) is -1.86. The van der Waals surface area contributed by atoms with Crippen molar-refractivity contribution in [3.8, 4) is 22.3 Å². The molecule has 6 rings (SSSR count). The van der Waals surface area contributed by atoms with E-state index in [1.165, 1.54) is 16.9 Å². The monoisotopic (exact) mass is 1120 g/mol. The molecule has 13 radical (unpaired) electrons. The van der Waals surface area contributed by atoms with Crippen molar-refractivity contribution in [2.24, 2.45) is 0 Å². The third-order valence-electron chi connectivity index (χ3n) is 11.9. The predicted molar refractivity (Wildman–Crippen MR) is 333 cm³/mol. The topological polar surface area (TPSA) is 208 Å². The Bertz CT molecular complexity index is 2250. The normalized spacial score (nSPS) is 14.5. The minimum Gasteiger partial charge on any atom is -0.395 e. The van der Waals surface area contributed by atoms with Crippen LogP contribution in [0.15, 0.2) is 97.1 Å². The molecule has 0 aliphatic carbocycles. The van der Waals surface area contributed by atoms with E-state index in [2.05, 4.69) is 23.2 Å². The molecule has 17 nitrogen and oxygen atoms in total. The highest BCUT2D eigenvalue weighted by Gasteiger charge is 2.27. The first-order valence-corrected chi connectivity index (χ1v) is 26.7. The van der Waals surface area contributed by atoms with Gasteiger partial charge in [0.2, 0.25) is 0 Å². The molecule has 0 saturated carbocycles. The first-order valence-electron chi connectivity index (χ1n) is 26.7. The van der Waals surface area contributed by atoms with Gasteiger partial charge in [-0.25, -0.2) is 0 Å². The van der Waals surface area contributed by atoms with Crippen LogP contribution >= 0.6 is 0 Å². The Morgan fingerprint density at radius 1 is 0.524 bits per heavy atom. The maximum absolute atomic E-state index is 13.0. The van der Waals surface area contributed by atoms with Gasteiger partial charge in [-0.3, -0.25) is 19.2 Å². The molecule has 0 atom stereocenters. The quantitative estimate of drug-likeness (QED) is 0.127. The minimum absolute atomic E-state index is 0. The van der Waals surface area contributed by atoms with Crippen molar-refractivity contribution in [2.75, 3.05) is 112 Å². The molecule has 0 unspecified atom stereocenters. The van der Waals surface area contributed by atoms with Crippen LogP contribution in [0.1, 0.15) is 97.3 Å². The van der Waals surface area contributed by atoms with Crippen LogP contribution in [-0.2, 0) is 23.7 Å². The van der Waals surface area contributed by atoms with Crippen molar-refractivity contribution >= 4 is 89.9 Å². The number of carbonyl (C=O) groups excluding carboxylic acids is 4. The molecule has 4 N–H and O–H groups in total. The van der Waals surface area contributed by atoms with Crippen LogP contribution in [0.4, 0.5) is 0 Å². The number of hydrogen-bond donors (Lipinski definition) is 4. The van der Waals surface area contributed by atoms with Gasteiger partial charge in [0.25, 0.3) is 23.6 Å². The molecule has 26 heteroatoms. The summed E-state index contributed by atoms with van der Waals surface area (Å²) in [5, 5.41) is 36.3. The number of carbonyl (C=O) groups is 4. The molecule has 4 aromatic carbocycles. The van der Waals surface area contributed by atoms with Crippen molar-refractivity contribution < 1.29 is 63.3 Å². The molecule has 0 spiro atoms. The van der Waals surface area contributed by atoms with Crippen LogP contribution < -0.4 is 0 Å². The van der Waals surface area contributed by atoms with Crippen LogP contribution in [0.2, 0.25) is 0 Å². The SMILES string of the molecule is C.CC1(C)OCCN(C(=O)c2ccc(-c3ccc(C(=O)N4CCOC(C)(C)OCC4)cc3)cc2)CCO1.COC(C)(C)C.O=C(c1ccc(-c2ccc(C(=O)N(CCO)CCO)cc2)cc1)N(CCO)CCO.[B]B([B])[B].[B][B]B([B])[B]. The second-order valence-electron chi connectivity index (χ2n) is 20.2. The number of methoxy groups -OCH3 is 1. The Morgan fingerprint density at radius 2 is 0.732 bits per heavy atom. The van der Waals surface area contributed by atoms with E-state index in [0.29, 0.717) is 74.9 Å². The van der Waals surface area contributed by atoms with Gasteiger partial charge in [-0.1, -0.05) is 56.0 Å². The fourth-order valence-electron chi connectivity index (χ4n) is 7.38. The number of nitrogens with zero attached hydrogens (tertiary/aromatic N) is 4. The summed E-state index contributed by atoms with van der Waals surface area (Å²) in [5.41, 5.74) is 5.87. The van der Waals surface area contributed by atoms with E-state index in [0.717, 1.165) is 22.3 Å². The van der Waals surface area contributed by atoms with Crippen LogP contribution in [0.25, 0.3) is 22.3 Å². The molecular formula is C56H80B9N4O13. The number of rotatable bonds is 15. The van der Waals surface area contributed by atoms with Crippen molar-refractivity contribution in [3.05, 3.63) is 119 Å². The lowest BCUT2D eigenvalue weighted by atomic mass is 8.97. The average Bonchev–Trinajstić information content (AvgIpc) is 3.43. The Morgan fingerprint density at radius 3 is 0.915 bits per heavy atom. The molecule has 2 aliphatic rings. The summed E-state index contributed by atoms with van der Waals surface area (Å²) in [6, 6.07) is 29.0. The number of aliphatic hydroxyl groups excluding tert-OH is 4. The summed E-state index contributed by atoms with van der Waals surface area (Å²) < 4.78 is 27.7. The van der Waals surface area contributed by atoms with Gasteiger partial charge >= 0.3 is 0 Å². The van der Waals surface area contributed by atoms with Gasteiger partial charge in [-0.2, -0.15) is 0 Å². The lowest BCUT2D eigenvalue weighted by Gasteiger charge is -2.32. The van der Waals surface area contributed by atoms with Crippen molar-refractivity contribution in [1.29, 1.82) is 0 Å². The van der Waals surface area contributed by atoms with Gasteiger partial charge in [-0.05, 0) is 119 Å². The Kier molecular flexibility index (Phi) is 35.5. The number of ether oxygens (including phenoxy) is 5. The molecule has 2 heterocycles. The molecule has 0 bridgehead atoms. The van der Waals surface area contributed by atoms with Gasteiger partial charge in [0, 0.05) is 148 Å². The van der Waals surface area contributed by atoms with Crippen molar-refractivity contribution in [1.82, 2.24) is 19.6 Å². The highest BCUT2D eigenvalue weighted by Crippen LogP contribution is 2.24. The second-order valence-corrected chi connectivity index (χ2v) is 20.2. The van der Waals surface area contributed by atoms with E-state index in [1.54, 1.807) is 65.4 Å². The maximum atomic E-state index is 13.0. The van der Waals surface area contributed by atoms with E-state index >= 15 is 0 Å². The van der Waals surface area contributed by atoms with Gasteiger partial charge in [-0.15, -0.1) is 0 Å². The average molecular weight is 1110 g/mol. The second kappa shape index (κ2) is 38.8. The van der Waals surface area contributed by atoms with E-state index < -0.39 is 24.3 Å². The van der Waals surface area contributed by atoms with Crippen LogP contribution in [0.5, 0.6) is 0 Å². The van der Waals surface area contributed by atoms with E-state index in [4.69, 9.17) is 67.3 Å². The van der Waals surface area contributed by atoms with Gasteiger partial charge in [0.1, 0.15) is 0 Å². The van der Waals surface area contributed by atoms with E-state index in [-0.39, 0.29) is 89.3 Å². The third-order valence-corrected chi connectivity index (χ3v) is 11.9. The Hall–Kier alpha value is -5.02. The molecule has 82 heavy (non-hydrogen) atoms. The minimum atomic E-state index is -0.667. The highest BCUT2D eigenvalue weighted by molar-refractivity contribution is 7.60. The zero-order valence-electron chi connectivity index (χ0n) is 48.5. The summed E-state index contributed by atoms with van der Waals surface area (Å²) in [7, 11) is 31.5. The zero-order chi connectivity index (χ0) is 60.8. The van der Waals surface area contributed by atoms with Crippen molar-refractivity contribution in [2.45, 2.75) is 73.1 Å². The summed E-state index contributed by atoms with van der Waals surface area (Å²) in [6.45, 7) is 17.3. The van der Waals surface area contributed by atoms with Crippen LogP contribution in [0.3, 0.4) is 0 Å². The lowest BCUT2D eigenvalue weighted by Crippen LogP contribution is -2.43. The largest absolute Gasteiger partial charge is 0.395 e. The molecule has 2 aliphatic heterocycles. The Balaban J connectivity index is 0.000000656. The fourth-order valence-corrected chi connectivity index (χ4v) is 7.38. The molecule has 4 aromatic rings. The molecule has 0 aromatic heterocycles. The number of aliphatic hydroxyl groups is 4. The van der Waals surface area contributed by atoms with Crippen LogP contribution in [0, 0.1) is 0 Å². The fraction of sp³-hybridized carbons (Fsp3) is 0.500. The highest BCUT2D eigenvalue weighted by atomic mass is 16.7. The zero-order valence-corrected chi connectivity index (χ0v) is 48.5. The van der Waals surface area contributed by atoms with Gasteiger partial charge in [0.05, 0.1) is 58.5 Å². The van der Waals surface area contributed by atoms with Gasteiger partial charge < -0.3 is 63.7 Å². The predicted octanol–water partition coefficient (Wildman–Crippen LogP) is 2.65. The third kappa shape index (κ3) is 28.5. The van der Waals surface area contributed by atoms with E-state index in [9.17, 15) is 19.2 Å². The van der Waals surface area contributed by atoms with E-state index in [1.807, 2.05) is 97.0 Å². The first-order chi connectivity index (χ1) is 38.2. The number of hydrogen-bond acceptors (Lipinski definition) is 13. The van der Waals surface area contributed by atoms with Crippen molar-refractivity contribution in [3.63, 3.8) is 0 Å².